The maximum atomic E-state index is 12.6. The molecule has 0 radical (unpaired) electrons. The molecule has 1 aliphatic rings. The lowest BCUT2D eigenvalue weighted by molar-refractivity contribution is -0.126. The van der Waals surface area contributed by atoms with Gasteiger partial charge in [0.05, 0.1) is 11.7 Å². The number of likely N-dealkylation sites (N-methyl/N-ethyl adjacent to an activating group) is 1. The summed E-state index contributed by atoms with van der Waals surface area (Å²) in [6.07, 6.45) is 6.55. The summed E-state index contributed by atoms with van der Waals surface area (Å²) in [5.41, 5.74) is 3.51. The van der Waals surface area contributed by atoms with Crippen molar-refractivity contribution in [3.05, 3.63) is 59.7 Å². The molecule has 5 nitrogen and oxygen atoms in total. The number of nitrogens with one attached hydrogen (secondary N) is 1. The van der Waals surface area contributed by atoms with Gasteiger partial charge in [0.2, 0.25) is 5.91 Å². The number of hydrogen-bond donors (Lipinski definition) is 1. The lowest BCUT2D eigenvalue weighted by Gasteiger charge is -2.35. The Kier molecular flexibility index (Phi) is 4.98. The molecule has 1 aromatic carbocycles. The van der Waals surface area contributed by atoms with Crippen LogP contribution in [0.3, 0.4) is 0 Å². The summed E-state index contributed by atoms with van der Waals surface area (Å²) in [5, 5.41) is 3.05. The largest absolute Gasteiger partial charge is 0.354 e. The van der Waals surface area contributed by atoms with Crippen LogP contribution in [0, 0.1) is 0 Å². The highest BCUT2D eigenvalue weighted by Gasteiger charge is 2.29. The first-order chi connectivity index (χ1) is 11.3. The van der Waals surface area contributed by atoms with Crippen LogP contribution in [0.2, 0.25) is 0 Å². The van der Waals surface area contributed by atoms with E-state index in [9.17, 15) is 4.79 Å². The Bertz CT molecular complexity index is 659. The molecule has 1 amide bonds. The number of hydrogen-bond acceptors (Lipinski definition) is 4. The van der Waals surface area contributed by atoms with Crippen molar-refractivity contribution in [2.24, 2.45) is 0 Å². The SMILES string of the molecule is CCN1Cc2ccccc2CC1C(=O)NCCc1cnccn1. The highest BCUT2D eigenvalue weighted by molar-refractivity contribution is 5.82. The zero-order valence-electron chi connectivity index (χ0n) is 13.4. The minimum atomic E-state index is -0.0863. The maximum Gasteiger partial charge on any atom is 0.237 e. The first kappa shape index (κ1) is 15.6. The first-order valence-corrected chi connectivity index (χ1v) is 8.11. The molecule has 0 fully saturated rings. The third-order valence-electron chi connectivity index (χ3n) is 4.35. The minimum absolute atomic E-state index is 0.0863. The van der Waals surface area contributed by atoms with Gasteiger partial charge < -0.3 is 5.32 Å². The van der Waals surface area contributed by atoms with Gasteiger partial charge in [-0.1, -0.05) is 31.2 Å². The van der Waals surface area contributed by atoms with Crippen LogP contribution in [0.15, 0.2) is 42.9 Å². The van der Waals surface area contributed by atoms with E-state index in [2.05, 4.69) is 45.3 Å². The summed E-state index contributed by atoms with van der Waals surface area (Å²) in [5.74, 6) is 0.102. The molecule has 120 valence electrons. The number of benzene rings is 1. The van der Waals surface area contributed by atoms with Gasteiger partial charge in [-0.2, -0.15) is 0 Å². The number of amides is 1. The van der Waals surface area contributed by atoms with E-state index in [1.54, 1.807) is 18.6 Å². The van der Waals surface area contributed by atoms with Gasteiger partial charge in [-0.3, -0.25) is 19.7 Å². The molecule has 3 rings (SSSR count). The zero-order valence-corrected chi connectivity index (χ0v) is 13.4. The average Bonchev–Trinajstić information content (AvgIpc) is 2.61. The van der Waals surface area contributed by atoms with Gasteiger partial charge in [-0.25, -0.2) is 0 Å². The summed E-state index contributed by atoms with van der Waals surface area (Å²) in [6, 6.07) is 8.30. The van der Waals surface area contributed by atoms with Crippen LogP contribution in [0.25, 0.3) is 0 Å². The van der Waals surface area contributed by atoms with Gasteiger partial charge in [0.25, 0.3) is 0 Å². The van der Waals surface area contributed by atoms with Crippen molar-refractivity contribution in [2.75, 3.05) is 13.1 Å². The van der Waals surface area contributed by atoms with Crippen molar-refractivity contribution in [1.82, 2.24) is 20.2 Å². The zero-order chi connectivity index (χ0) is 16.1. The second kappa shape index (κ2) is 7.33. The standard InChI is InChI=1S/C18H22N4O/c1-2-22-13-15-6-4-3-5-14(15)11-17(22)18(23)21-8-7-16-12-19-9-10-20-16/h3-6,9-10,12,17H,2,7-8,11,13H2,1H3,(H,21,23). The molecular weight excluding hydrogens is 288 g/mol. The third kappa shape index (κ3) is 3.74. The number of fused-ring (bicyclic) bond motifs is 1. The molecule has 0 aliphatic carbocycles. The maximum absolute atomic E-state index is 12.6. The van der Waals surface area contributed by atoms with Crippen molar-refractivity contribution in [3.63, 3.8) is 0 Å². The molecule has 23 heavy (non-hydrogen) atoms. The number of aromatic nitrogens is 2. The highest BCUT2D eigenvalue weighted by atomic mass is 16.2. The lowest BCUT2D eigenvalue weighted by Crippen LogP contribution is -2.50. The fraction of sp³-hybridized carbons (Fsp3) is 0.389. The van der Waals surface area contributed by atoms with Crippen LogP contribution >= 0.6 is 0 Å². The van der Waals surface area contributed by atoms with E-state index in [1.807, 2.05) is 6.07 Å². The number of rotatable bonds is 5. The molecule has 1 aromatic heterocycles. The summed E-state index contributed by atoms with van der Waals surface area (Å²) in [4.78, 5) is 23.1. The molecule has 1 aliphatic heterocycles. The molecule has 5 heteroatoms. The predicted molar refractivity (Wildman–Crippen MR) is 88.8 cm³/mol. The second-order valence-corrected chi connectivity index (χ2v) is 5.79. The summed E-state index contributed by atoms with van der Waals surface area (Å²) < 4.78 is 0. The average molecular weight is 310 g/mol. The van der Waals surface area contributed by atoms with E-state index < -0.39 is 0 Å². The Balaban J connectivity index is 1.60. The van der Waals surface area contributed by atoms with Crippen LogP contribution in [-0.4, -0.2) is 39.9 Å². The van der Waals surface area contributed by atoms with Crippen LogP contribution in [-0.2, 0) is 24.2 Å². The molecule has 0 spiro atoms. The lowest BCUT2D eigenvalue weighted by atomic mass is 9.93. The normalized spacial score (nSPS) is 17.5. The van der Waals surface area contributed by atoms with Crippen LogP contribution < -0.4 is 5.32 Å². The molecule has 2 aromatic rings. The smallest absolute Gasteiger partial charge is 0.237 e. The molecule has 0 saturated carbocycles. The van der Waals surface area contributed by atoms with Gasteiger partial charge in [-0.15, -0.1) is 0 Å². The van der Waals surface area contributed by atoms with E-state index in [4.69, 9.17) is 0 Å². The molecule has 1 atom stereocenters. The van der Waals surface area contributed by atoms with Crippen molar-refractivity contribution < 1.29 is 4.79 Å². The van der Waals surface area contributed by atoms with Crippen molar-refractivity contribution in [3.8, 4) is 0 Å². The summed E-state index contributed by atoms with van der Waals surface area (Å²) >= 11 is 0. The van der Waals surface area contributed by atoms with Crippen LogP contribution in [0.1, 0.15) is 23.7 Å². The Hall–Kier alpha value is -2.27. The second-order valence-electron chi connectivity index (χ2n) is 5.79. The van der Waals surface area contributed by atoms with E-state index in [0.29, 0.717) is 13.0 Å². The van der Waals surface area contributed by atoms with Gasteiger partial charge in [0.15, 0.2) is 0 Å². The van der Waals surface area contributed by atoms with Crippen LogP contribution in [0.5, 0.6) is 0 Å². The minimum Gasteiger partial charge on any atom is -0.354 e. The van der Waals surface area contributed by atoms with Gasteiger partial charge in [0.1, 0.15) is 0 Å². The Morgan fingerprint density at radius 2 is 2.13 bits per heavy atom. The van der Waals surface area contributed by atoms with E-state index in [1.165, 1.54) is 11.1 Å². The monoisotopic (exact) mass is 310 g/mol. The molecule has 1 unspecified atom stereocenters. The van der Waals surface area contributed by atoms with E-state index in [-0.39, 0.29) is 11.9 Å². The summed E-state index contributed by atoms with van der Waals surface area (Å²) in [7, 11) is 0. The molecule has 0 bridgehead atoms. The summed E-state index contributed by atoms with van der Waals surface area (Å²) in [6.45, 7) is 4.41. The highest BCUT2D eigenvalue weighted by Crippen LogP contribution is 2.23. The van der Waals surface area contributed by atoms with Crippen molar-refractivity contribution in [2.45, 2.75) is 32.4 Å². The van der Waals surface area contributed by atoms with Gasteiger partial charge >= 0.3 is 0 Å². The number of carbonyl (C=O) groups is 1. The van der Waals surface area contributed by atoms with E-state index >= 15 is 0 Å². The molecule has 1 N–H and O–H groups in total. The topological polar surface area (TPSA) is 58.1 Å². The quantitative estimate of drug-likeness (QED) is 0.911. The Morgan fingerprint density at radius 3 is 2.87 bits per heavy atom. The number of carbonyl (C=O) groups excluding carboxylic acids is 1. The van der Waals surface area contributed by atoms with Gasteiger partial charge in [0, 0.05) is 38.1 Å². The predicted octanol–water partition coefficient (Wildman–Crippen LogP) is 1.58. The fourth-order valence-corrected chi connectivity index (χ4v) is 3.06. The fourth-order valence-electron chi connectivity index (χ4n) is 3.06. The van der Waals surface area contributed by atoms with Gasteiger partial charge in [-0.05, 0) is 24.1 Å². The Morgan fingerprint density at radius 1 is 1.30 bits per heavy atom. The molecule has 2 heterocycles. The number of nitrogens with zero attached hydrogens (tertiary/aromatic N) is 3. The van der Waals surface area contributed by atoms with Crippen LogP contribution in [0.4, 0.5) is 0 Å². The third-order valence-corrected chi connectivity index (χ3v) is 4.35. The molecular formula is C18H22N4O. The molecule has 0 saturated heterocycles. The Labute approximate surface area is 136 Å². The van der Waals surface area contributed by atoms with Crippen molar-refractivity contribution in [1.29, 1.82) is 0 Å². The first-order valence-electron chi connectivity index (χ1n) is 8.11. The van der Waals surface area contributed by atoms with Crippen molar-refractivity contribution >= 4 is 5.91 Å². The van der Waals surface area contributed by atoms with E-state index in [0.717, 1.165) is 25.2 Å².